The smallest absolute Gasteiger partial charge is 0.253 e. The van der Waals surface area contributed by atoms with E-state index in [0.29, 0.717) is 31.0 Å². The van der Waals surface area contributed by atoms with E-state index < -0.39 is 0 Å². The average molecular weight is 352 g/mol. The fourth-order valence-corrected chi connectivity index (χ4v) is 3.11. The number of hydrogen-bond acceptors (Lipinski definition) is 4. The molecule has 1 aliphatic rings. The molecule has 1 atom stereocenters. The van der Waals surface area contributed by atoms with Gasteiger partial charge in [0.05, 0.1) is 5.92 Å². The van der Waals surface area contributed by atoms with E-state index in [1.54, 1.807) is 29.3 Å². The number of anilines is 1. The first-order valence-electron chi connectivity index (χ1n) is 8.88. The highest BCUT2D eigenvalue weighted by molar-refractivity contribution is 5.96. The zero-order valence-electron chi connectivity index (χ0n) is 14.9. The van der Waals surface area contributed by atoms with Crippen molar-refractivity contribution in [2.75, 3.05) is 18.4 Å². The highest BCUT2D eigenvalue weighted by atomic mass is 16.2. The summed E-state index contributed by atoms with van der Waals surface area (Å²) in [6.45, 7) is 3.50. The second-order valence-corrected chi connectivity index (χ2v) is 6.70. The third kappa shape index (κ3) is 4.26. The van der Waals surface area contributed by atoms with Gasteiger partial charge >= 0.3 is 0 Å². The van der Waals surface area contributed by atoms with Crippen LogP contribution in [0.4, 0.5) is 5.82 Å². The van der Waals surface area contributed by atoms with E-state index in [-0.39, 0.29) is 17.7 Å². The first kappa shape index (κ1) is 18.1. The molecular formula is C20H24N4O2. The van der Waals surface area contributed by atoms with Gasteiger partial charge in [0.1, 0.15) is 5.82 Å². The van der Waals surface area contributed by atoms with Crippen LogP contribution in [0.2, 0.25) is 0 Å². The van der Waals surface area contributed by atoms with E-state index in [2.05, 4.69) is 10.3 Å². The lowest BCUT2D eigenvalue weighted by Crippen LogP contribution is -2.43. The molecule has 0 aliphatic carbocycles. The summed E-state index contributed by atoms with van der Waals surface area (Å²) < 4.78 is 0. The maximum Gasteiger partial charge on any atom is 0.253 e. The minimum absolute atomic E-state index is 0.0421. The number of rotatable bonds is 4. The van der Waals surface area contributed by atoms with E-state index in [1.165, 1.54) is 0 Å². The minimum Gasteiger partial charge on any atom is -0.338 e. The number of nitrogens with one attached hydrogen (secondary N) is 1. The molecule has 3 N–H and O–H groups in total. The van der Waals surface area contributed by atoms with Gasteiger partial charge in [-0.25, -0.2) is 4.98 Å². The van der Waals surface area contributed by atoms with Crippen molar-refractivity contribution >= 4 is 17.6 Å². The molecular weight excluding hydrogens is 328 g/mol. The van der Waals surface area contributed by atoms with Gasteiger partial charge in [0.25, 0.3) is 5.91 Å². The summed E-state index contributed by atoms with van der Waals surface area (Å²) in [7, 11) is 0. The van der Waals surface area contributed by atoms with Crippen LogP contribution in [0.25, 0.3) is 0 Å². The van der Waals surface area contributed by atoms with Crippen molar-refractivity contribution in [1.82, 2.24) is 9.88 Å². The number of benzene rings is 1. The van der Waals surface area contributed by atoms with E-state index in [1.807, 2.05) is 25.1 Å². The summed E-state index contributed by atoms with van der Waals surface area (Å²) >= 11 is 0. The van der Waals surface area contributed by atoms with E-state index in [9.17, 15) is 9.59 Å². The molecule has 1 saturated heterocycles. The number of likely N-dealkylation sites (tertiary alicyclic amines) is 1. The molecule has 1 unspecified atom stereocenters. The van der Waals surface area contributed by atoms with Crippen LogP contribution in [0, 0.1) is 12.8 Å². The van der Waals surface area contributed by atoms with Crippen LogP contribution in [0.15, 0.2) is 42.6 Å². The molecule has 26 heavy (non-hydrogen) atoms. The molecule has 2 aromatic rings. The molecule has 2 heterocycles. The molecule has 0 saturated carbocycles. The van der Waals surface area contributed by atoms with Gasteiger partial charge in [-0.05, 0) is 49.1 Å². The predicted octanol–water partition coefficient (Wildman–Crippen LogP) is 2.34. The number of carbonyl (C=O) groups excluding carboxylic acids is 2. The number of nitrogens with two attached hydrogens (primary N) is 1. The van der Waals surface area contributed by atoms with Crippen molar-refractivity contribution in [2.45, 2.75) is 26.3 Å². The van der Waals surface area contributed by atoms with Gasteiger partial charge < -0.3 is 16.0 Å². The number of aromatic nitrogens is 1. The molecule has 0 spiro atoms. The summed E-state index contributed by atoms with van der Waals surface area (Å²) in [6, 6.07) is 11.0. The molecule has 1 aliphatic heterocycles. The van der Waals surface area contributed by atoms with Gasteiger partial charge in [0.15, 0.2) is 0 Å². The summed E-state index contributed by atoms with van der Waals surface area (Å²) in [6.07, 6.45) is 3.30. The zero-order valence-corrected chi connectivity index (χ0v) is 14.9. The number of carbonyl (C=O) groups is 2. The zero-order chi connectivity index (χ0) is 18.5. The number of nitrogens with zero attached hydrogens (tertiary/aromatic N) is 2. The van der Waals surface area contributed by atoms with Crippen molar-refractivity contribution in [3.63, 3.8) is 0 Å². The Kier molecular flexibility index (Phi) is 5.63. The molecule has 136 valence electrons. The second kappa shape index (κ2) is 8.10. The Balaban J connectivity index is 1.63. The third-order valence-electron chi connectivity index (χ3n) is 4.68. The van der Waals surface area contributed by atoms with Crippen LogP contribution in [0.1, 0.15) is 34.3 Å². The fourth-order valence-electron chi connectivity index (χ4n) is 3.11. The van der Waals surface area contributed by atoms with Gasteiger partial charge in [0, 0.05) is 31.4 Å². The highest BCUT2D eigenvalue weighted by Gasteiger charge is 2.29. The predicted molar refractivity (Wildman–Crippen MR) is 101 cm³/mol. The molecule has 2 amide bonds. The van der Waals surface area contributed by atoms with E-state index in [0.717, 1.165) is 24.0 Å². The number of hydrogen-bond donors (Lipinski definition) is 2. The molecule has 3 rings (SSSR count). The van der Waals surface area contributed by atoms with E-state index in [4.69, 9.17) is 5.73 Å². The largest absolute Gasteiger partial charge is 0.338 e. The molecule has 1 aromatic heterocycles. The molecule has 1 aromatic carbocycles. The van der Waals surface area contributed by atoms with Crippen molar-refractivity contribution < 1.29 is 9.59 Å². The summed E-state index contributed by atoms with van der Waals surface area (Å²) in [5.74, 6) is 0.192. The summed E-state index contributed by atoms with van der Waals surface area (Å²) in [4.78, 5) is 31.2. The first-order chi connectivity index (χ1) is 12.6. The number of amides is 2. The molecule has 0 bridgehead atoms. The Morgan fingerprint density at radius 2 is 2.00 bits per heavy atom. The van der Waals surface area contributed by atoms with Crippen molar-refractivity contribution in [2.24, 2.45) is 11.7 Å². The van der Waals surface area contributed by atoms with Gasteiger partial charge in [0.2, 0.25) is 5.91 Å². The third-order valence-corrected chi connectivity index (χ3v) is 4.68. The Bertz CT molecular complexity index is 771. The fraction of sp³-hybridized carbons (Fsp3) is 0.350. The van der Waals surface area contributed by atoms with Crippen molar-refractivity contribution in [3.8, 4) is 0 Å². The van der Waals surface area contributed by atoms with Crippen LogP contribution in [0.5, 0.6) is 0 Å². The quantitative estimate of drug-likeness (QED) is 0.884. The minimum atomic E-state index is -0.223. The van der Waals surface area contributed by atoms with Gasteiger partial charge in [-0.15, -0.1) is 0 Å². The SMILES string of the molecule is Cc1ccc(NC(=O)C2CCCN(C(=O)c3ccc(CN)cc3)C2)nc1. The molecule has 0 radical (unpaired) electrons. The van der Waals surface area contributed by atoms with Gasteiger partial charge in [-0.2, -0.15) is 0 Å². The Morgan fingerprint density at radius 3 is 2.65 bits per heavy atom. The van der Waals surface area contributed by atoms with Crippen LogP contribution in [-0.2, 0) is 11.3 Å². The lowest BCUT2D eigenvalue weighted by molar-refractivity contribution is -0.121. The Morgan fingerprint density at radius 1 is 1.23 bits per heavy atom. The van der Waals surface area contributed by atoms with Crippen molar-refractivity contribution in [1.29, 1.82) is 0 Å². The first-order valence-corrected chi connectivity index (χ1v) is 8.88. The van der Waals surface area contributed by atoms with Crippen molar-refractivity contribution in [3.05, 3.63) is 59.3 Å². The summed E-state index contributed by atoms with van der Waals surface area (Å²) in [5.41, 5.74) is 8.25. The van der Waals surface area contributed by atoms with Gasteiger partial charge in [-0.1, -0.05) is 18.2 Å². The van der Waals surface area contributed by atoms with E-state index >= 15 is 0 Å². The van der Waals surface area contributed by atoms with Gasteiger partial charge in [-0.3, -0.25) is 9.59 Å². The van der Waals surface area contributed by atoms with Crippen LogP contribution < -0.4 is 11.1 Å². The molecule has 1 fully saturated rings. The number of piperidine rings is 1. The lowest BCUT2D eigenvalue weighted by atomic mass is 9.96. The van der Waals surface area contributed by atoms with Crippen LogP contribution in [-0.4, -0.2) is 34.8 Å². The topological polar surface area (TPSA) is 88.3 Å². The normalized spacial score (nSPS) is 17.0. The Labute approximate surface area is 153 Å². The number of aryl methyl sites for hydroxylation is 1. The second-order valence-electron chi connectivity index (χ2n) is 6.70. The highest BCUT2D eigenvalue weighted by Crippen LogP contribution is 2.20. The summed E-state index contributed by atoms with van der Waals surface area (Å²) in [5, 5.41) is 2.85. The maximum atomic E-state index is 12.7. The Hall–Kier alpha value is -2.73. The standard InChI is InChI=1S/C20H24N4O2/c1-14-4-9-18(22-12-14)23-19(25)17-3-2-10-24(13-17)20(26)16-7-5-15(11-21)6-8-16/h4-9,12,17H,2-3,10-11,13,21H2,1H3,(H,22,23,25). The average Bonchev–Trinajstić information content (AvgIpc) is 2.69. The monoisotopic (exact) mass is 352 g/mol. The lowest BCUT2D eigenvalue weighted by Gasteiger charge is -2.32. The molecule has 6 heteroatoms. The van der Waals surface area contributed by atoms with Crippen LogP contribution >= 0.6 is 0 Å². The number of pyridine rings is 1. The molecule has 6 nitrogen and oxygen atoms in total. The maximum absolute atomic E-state index is 12.7. The van der Waals surface area contributed by atoms with Crippen LogP contribution in [0.3, 0.4) is 0 Å².